The summed E-state index contributed by atoms with van der Waals surface area (Å²) in [4.78, 5) is 0. The van der Waals surface area contributed by atoms with Crippen molar-refractivity contribution in [1.82, 2.24) is 5.32 Å². The fourth-order valence-electron chi connectivity index (χ4n) is 2.13. The van der Waals surface area contributed by atoms with Gasteiger partial charge in [-0.2, -0.15) is 0 Å². The number of phenolic OH excluding ortho intramolecular Hbond substituents is 1. The molecule has 1 aliphatic rings. The molecule has 0 unspecified atom stereocenters. The van der Waals surface area contributed by atoms with Gasteiger partial charge in [-0.1, -0.05) is 12.1 Å². The van der Waals surface area contributed by atoms with E-state index in [2.05, 4.69) is 5.32 Å². The maximum atomic E-state index is 11.2. The van der Waals surface area contributed by atoms with Crippen LogP contribution in [-0.2, 0) is 17.3 Å². The molecule has 0 aliphatic carbocycles. The zero-order chi connectivity index (χ0) is 13.0. The summed E-state index contributed by atoms with van der Waals surface area (Å²) in [6.07, 6.45) is 1.88. The van der Waals surface area contributed by atoms with Crippen molar-refractivity contribution in [1.29, 1.82) is 0 Å². The van der Waals surface area contributed by atoms with Crippen LogP contribution in [0.3, 0.4) is 0 Å². The van der Waals surface area contributed by atoms with Crippen LogP contribution in [0.4, 0.5) is 0 Å². The third-order valence-electron chi connectivity index (χ3n) is 3.27. The Morgan fingerprint density at radius 2 is 2.17 bits per heavy atom. The van der Waals surface area contributed by atoms with Crippen molar-refractivity contribution < 1.29 is 14.1 Å². The molecule has 4 nitrogen and oxygen atoms in total. The van der Waals surface area contributed by atoms with E-state index in [9.17, 15) is 9.32 Å². The fourth-order valence-corrected chi connectivity index (χ4v) is 3.43. The van der Waals surface area contributed by atoms with Crippen molar-refractivity contribution in [3.63, 3.8) is 0 Å². The first-order valence-corrected chi connectivity index (χ1v) is 7.62. The summed E-state index contributed by atoms with van der Waals surface area (Å²) in [5, 5.41) is 13.3. The van der Waals surface area contributed by atoms with Crippen LogP contribution in [0.15, 0.2) is 18.2 Å². The Kier molecular flexibility index (Phi) is 4.60. The molecule has 1 saturated heterocycles. The van der Waals surface area contributed by atoms with E-state index in [0.29, 0.717) is 18.3 Å². The number of rotatable bonds is 4. The van der Waals surface area contributed by atoms with E-state index in [1.807, 2.05) is 12.1 Å². The zero-order valence-corrected chi connectivity index (χ0v) is 11.3. The molecule has 0 aromatic heterocycles. The molecule has 18 heavy (non-hydrogen) atoms. The minimum Gasteiger partial charge on any atom is -0.504 e. The van der Waals surface area contributed by atoms with Crippen LogP contribution in [0, 0.1) is 0 Å². The summed E-state index contributed by atoms with van der Waals surface area (Å²) < 4.78 is 16.3. The lowest BCUT2D eigenvalue weighted by Gasteiger charge is -2.23. The van der Waals surface area contributed by atoms with Crippen molar-refractivity contribution in [3.05, 3.63) is 23.8 Å². The molecule has 0 spiro atoms. The second-order valence-electron chi connectivity index (χ2n) is 4.47. The van der Waals surface area contributed by atoms with Gasteiger partial charge in [0.25, 0.3) is 0 Å². The highest BCUT2D eigenvalue weighted by atomic mass is 32.2. The van der Waals surface area contributed by atoms with Crippen LogP contribution in [0.25, 0.3) is 0 Å². The Hall–Kier alpha value is -1.07. The molecule has 1 heterocycles. The molecular formula is C13H19NO3S. The first-order valence-electron chi connectivity index (χ1n) is 6.14. The van der Waals surface area contributed by atoms with E-state index in [0.717, 1.165) is 29.9 Å². The molecule has 1 fully saturated rings. The van der Waals surface area contributed by atoms with Gasteiger partial charge >= 0.3 is 0 Å². The van der Waals surface area contributed by atoms with Crippen molar-refractivity contribution in [3.8, 4) is 11.5 Å². The Labute approximate surface area is 110 Å². The molecule has 0 radical (unpaired) electrons. The van der Waals surface area contributed by atoms with Crippen molar-refractivity contribution >= 4 is 10.8 Å². The van der Waals surface area contributed by atoms with Gasteiger partial charge in [-0.3, -0.25) is 4.21 Å². The maximum absolute atomic E-state index is 11.2. The van der Waals surface area contributed by atoms with Gasteiger partial charge in [-0.15, -0.1) is 0 Å². The Morgan fingerprint density at radius 1 is 1.44 bits per heavy atom. The van der Waals surface area contributed by atoms with Gasteiger partial charge in [0.1, 0.15) is 0 Å². The molecule has 5 heteroatoms. The molecule has 0 bridgehead atoms. The first kappa shape index (κ1) is 13.4. The van der Waals surface area contributed by atoms with E-state index >= 15 is 0 Å². The Morgan fingerprint density at radius 3 is 2.83 bits per heavy atom. The highest BCUT2D eigenvalue weighted by Gasteiger charge is 2.17. The molecule has 0 amide bonds. The Bertz CT molecular complexity index is 426. The fraction of sp³-hybridized carbons (Fsp3) is 0.538. The van der Waals surface area contributed by atoms with Crippen LogP contribution in [0.2, 0.25) is 0 Å². The van der Waals surface area contributed by atoms with Gasteiger partial charge in [-0.05, 0) is 18.9 Å². The summed E-state index contributed by atoms with van der Waals surface area (Å²) in [7, 11) is 0.917. The zero-order valence-electron chi connectivity index (χ0n) is 10.5. The standard InChI is InChI=1S/C13H19NO3S/c1-17-12-4-2-3-10(13(12)15)9-14-11-5-7-18(16)8-6-11/h2-4,11,14-15H,5-9H2,1H3. The van der Waals surface area contributed by atoms with Crippen molar-refractivity contribution in [2.75, 3.05) is 18.6 Å². The lowest BCUT2D eigenvalue weighted by Crippen LogP contribution is -2.35. The monoisotopic (exact) mass is 269 g/mol. The van der Waals surface area contributed by atoms with E-state index in [4.69, 9.17) is 4.74 Å². The van der Waals surface area contributed by atoms with Gasteiger partial charge in [0.2, 0.25) is 0 Å². The number of benzene rings is 1. The molecular weight excluding hydrogens is 250 g/mol. The lowest BCUT2D eigenvalue weighted by molar-refractivity contribution is 0.368. The average Bonchev–Trinajstić information content (AvgIpc) is 2.39. The molecule has 1 aromatic carbocycles. The van der Waals surface area contributed by atoms with Gasteiger partial charge in [0, 0.05) is 40.5 Å². The lowest BCUT2D eigenvalue weighted by atomic mass is 10.1. The number of para-hydroxylation sites is 1. The van der Waals surface area contributed by atoms with Gasteiger partial charge in [0.05, 0.1) is 7.11 Å². The molecule has 1 aliphatic heterocycles. The van der Waals surface area contributed by atoms with Gasteiger partial charge in [-0.25, -0.2) is 0 Å². The van der Waals surface area contributed by atoms with Gasteiger partial charge in [0.15, 0.2) is 11.5 Å². The maximum Gasteiger partial charge on any atom is 0.162 e. The number of ether oxygens (including phenoxy) is 1. The molecule has 100 valence electrons. The minimum absolute atomic E-state index is 0.201. The highest BCUT2D eigenvalue weighted by molar-refractivity contribution is 7.85. The third kappa shape index (κ3) is 3.23. The quantitative estimate of drug-likeness (QED) is 0.867. The number of hydrogen-bond acceptors (Lipinski definition) is 4. The predicted octanol–water partition coefficient (Wildman–Crippen LogP) is 1.40. The van der Waals surface area contributed by atoms with E-state index in [1.54, 1.807) is 13.2 Å². The number of nitrogens with one attached hydrogen (secondary N) is 1. The topological polar surface area (TPSA) is 58.6 Å². The summed E-state index contributed by atoms with van der Waals surface area (Å²) in [6.45, 7) is 0.611. The summed E-state index contributed by atoms with van der Waals surface area (Å²) >= 11 is 0. The average molecular weight is 269 g/mol. The number of methoxy groups -OCH3 is 1. The normalized spacial score (nSPS) is 23.8. The smallest absolute Gasteiger partial charge is 0.162 e. The molecule has 1 aromatic rings. The van der Waals surface area contributed by atoms with Crippen LogP contribution >= 0.6 is 0 Å². The van der Waals surface area contributed by atoms with Gasteiger partial charge < -0.3 is 15.2 Å². The number of hydrogen-bond donors (Lipinski definition) is 2. The molecule has 0 saturated carbocycles. The largest absolute Gasteiger partial charge is 0.504 e. The van der Waals surface area contributed by atoms with E-state index < -0.39 is 10.8 Å². The van der Waals surface area contributed by atoms with E-state index in [1.165, 1.54) is 0 Å². The summed E-state index contributed by atoms with van der Waals surface area (Å²) in [5.41, 5.74) is 0.834. The first-order chi connectivity index (χ1) is 8.70. The second kappa shape index (κ2) is 6.20. The van der Waals surface area contributed by atoms with Crippen LogP contribution in [0.1, 0.15) is 18.4 Å². The van der Waals surface area contributed by atoms with E-state index in [-0.39, 0.29) is 5.75 Å². The van der Waals surface area contributed by atoms with Crippen LogP contribution < -0.4 is 10.1 Å². The molecule has 2 rings (SSSR count). The second-order valence-corrected chi connectivity index (χ2v) is 6.17. The highest BCUT2D eigenvalue weighted by Crippen LogP contribution is 2.29. The predicted molar refractivity (Wildman–Crippen MR) is 72.4 cm³/mol. The summed E-state index contributed by atoms with van der Waals surface area (Å²) in [6, 6.07) is 5.88. The molecule has 0 atom stereocenters. The van der Waals surface area contributed by atoms with Crippen LogP contribution in [-0.4, -0.2) is 34.0 Å². The SMILES string of the molecule is COc1cccc(CNC2CCS(=O)CC2)c1O. The van der Waals surface area contributed by atoms with Crippen LogP contribution in [0.5, 0.6) is 11.5 Å². The Balaban J connectivity index is 1.92. The molecule has 2 N–H and O–H groups in total. The summed E-state index contributed by atoms with van der Waals surface area (Å²) in [5.74, 6) is 2.26. The minimum atomic E-state index is -0.628. The number of aromatic hydroxyl groups is 1. The van der Waals surface area contributed by atoms with Crippen molar-refractivity contribution in [2.45, 2.75) is 25.4 Å². The number of phenols is 1. The van der Waals surface area contributed by atoms with Crippen molar-refractivity contribution in [2.24, 2.45) is 0 Å². The third-order valence-corrected chi connectivity index (χ3v) is 4.65.